The maximum atomic E-state index is 12.4. The Morgan fingerprint density at radius 2 is 2.29 bits per heavy atom. The second-order valence-electron chi connectivity index (χ2n) is 5.16. The highest BCUT2D eigenvalue weighted by Gasteiger charge is 2.40. The third kappa shape index (κ3) is 3.54. The first kappa shape index (κ1) is 15.8. The summed E-state index contributed by atoms with van der Waals surface area (Å²) in [7, 11) is 0. The number of aliphatic carboxylic acids is 1. The Kier molecular flexibility index (Phi) is 4.84. The summed E-state index contributed by atoms with van der Waals surface area (Å²) in [5.41, 5.74) is 0.784. The molecule has 0 aromatic carbocycles. The Bertz CT molecular complexity index is 593. The van der Waals surface area contributed by atoms with E-state index in [1.807, 2.05) is 26.0 Å². The Morgan fingerprint density at radius 1 is 1.57 bits per heavy atom. The number of aromatic amines is 1. The van der Waals surface area contributed by atoms with Crippen molar-refractivity contribution in [2.45, 2.75) is 26.3 Å². The number of hydrogen-bond acceptors (Lipinski definition) is 4. The third-order valence-electron chi connectivity index (χ3n) is 3.02. The molecule has 21 heavy (non-hydrogen) atoms. The van der Waals surface area contributed by atoms with Gasteiger partial charge in [-0.1, -0.05) is 37.8 Å². The number of carbonyl (C=O) groups is 2. The maximum absolute atomic E-state index is 12.4. The Morgan fingerprint density at radius 3 is 2.81 bits per heavy atom. The van der Waals surface area contributed by atoms with E-state index in [9.17, 15) is 14.7 Å². The minimum absolute atomic E-state index is 0.156. The van der Waals surface area contributed by atoms with Gasteiger partial charge in [-0.2, -0.15) is 0 Å². The molecule has 1 aliphatic rings. The molecule has 0 saturated carbocycles. The average Bonchev–Trinajstić information content (AvgIpc) is 2.97. The van der Waals surface area contributed by atoms with E-state index in [1.54, 1.807) is 12.3 Å². The van der Waals surface area contributed by atoms with Crippen molar-refractivity contribution in [3.8, 4) is 0 Å². The second kappa shape index (κ2) is 6.44. The van der Waals surface area contributed by atoms with E-state index in [0.717, 1.165) is 17.5 Å². The van der Waals surface area contributed by atoms with Gasteiger partial charge in [0, 0.05) is 11.9 Å². The summed E-state index contributed by atoms with van der Waals surface area (Å²) < 4.78 is 0.297. The minimum Gasteiger partial charge on any atom is -0.480 e. The molecule has 1 aromatic rings. The molecule has 1 saturated heterocycles. The number of carboxylic acids is 1. The predicted octanol–water partition coefficient (Wildman–Crippen LogP) is 2.72. The lowest BCUT2D eigenvalue weighted by molar-refractivity contribution is -0.145. The molecule has 1 fully saturated rings. The lowest BCUT2D eigenvalue weighted by atomic mass is 10.0. The summed E-state index contributed by atoms with van der Waals surface area (Å²) >= 11 is 6.33. The quantitative estimate of drug-likeness (QED) is 0.643. The fourth-order valence-electron chi connectivity index (χ4n) is 2.09. The van der Waals surface area contributed by atoms with Gasteiger partial charge in [-0.15, -0.1) is 0 Å². The van der Waals surface area contributed by atoms with Crippen LogP contribution >= 0.6 is 24.0 Å². The van der Waals surface area contributed by atoms with Crippen molar-refractivity contribution in [3.63, 3.8) is 0 Å². The lowest BCUT2D eigenvalue weighted by Gasteiger charge is -2.24. The largest absolute Gasteiger partial charge is 0.480 e. The molecule has 0 bridgehead atoms. The number of H-pyrrole nitrogens is 1. The summed E-state index contributed by atoms with van der Waals surface area (Å²) in [4.78, 5) is 28.5. The van der Waals surface area contributed by atoms with Crippen LogP contribution in [0.2, 0.25) is 0 Å². The zero-order valence-corrected chi connectivity index (χ0v) is 13.3. The van der Waals surface area contributed by atoms with Crippen LogP contribution in [0.4, 0.5) is 0 Å². The molecule has 1 aromatic heterocycles. The van der Waals surface area contributed by atoms with Crippen LogP contribution in [0.1, 0.15) is 26.0 Å². The van der Waals surface area contributed by atoms with Gasteiger partial charge in [0.05, 0.1) is 4.91 Å². The molecule has 1 aliphatic heterocycles. The van der Waals surface area contributed by atoms with E-state index in [2.05, 4.69) is 4.98 Å². The summed E-state index contributed by atoms with van der Waals surface area (Å²) in [6.07, 6.45) is 3.82. The van der Waals surface area contributed by atoms with Gasteiger partial charge in [-0.25, -0.2) is 4.79 Å². The molecule has 2 rings (SSSR count). The van der Waals surface area contributed by atoms with Gasteiger partial charge >= 0.3 is 5.97 Å². The Hall–Kier alpha value is -1.60. The van der Waals surface area contributed by atoms with E-state index >= 15 is 0 Å². The number of carboxylic acid groups (broad SMARTS) is 1. The molecule has 1 atom stereocenters. The molecule has 1 amide bonds. The topological polar surface area (TPSA) is 73.4 Å². The maximum Gasteiger partial charge on any atom is 0.326 e. The number of nitrogens with zero attached hydrogens (tertiary/aromatic N) is 1. The molecule has 2 N–H and O–H groups in total. The van der Waals surface area contributed by atoms with E-state index < -0.39 is 12.0 Å². The van der Waals surface area contributed by atoms with Gasteiger partial charge in [0.15, 0.2) is 0 Å². The molecule has 1 unspecified atom stereocenters. The van der Waals surface area contributed by atoms with Crippen molar-refractivity contribution >= 4 is 46.3 Å². The van der Waals surface area contributed by atoms with Crippen LogP contribution in [0.15, 0.2) is 23.2 Å². The zero-order valence-electron chi connectivity index (χ0n) is 11.7. The van der Waals surface area contributed by atoms with Crippen molar-refractivity contribution in [1.29, 1.82) is 0 Å². The number of carbonyl (C=O) groups excluding carboxylic acids is 1. The number of thioether (sulfide) groups is 1. The number of rotatable bonds is 5. The number of nitrogens with one attached hydrogen (secondary N) is 1. The molecule has 0 spiro atoms. The highest BCUT2D eigenvalue weighted by molar-refractivity contribution is 8.26. The lowest BCUT2D eigenvalue weighted by Crippen LogP contribution is -2.44. The molecule has 5 nitrogen and oxygen atoms in total. The fraction of sp³-hybridized carbons (Fsp3) is 0.357. The van der Waals surface area contributed by atoms with Gasteiger partial charge in [0.25, 0.3) is 5.91 Å². The van der Waals surface area contributed by atoms with Crippen LogP contribution in [0.5, 0.6) is 0 Å². The number of hydrogen-bond donors (Lipinski definition) is 2. The second-order valence-corrected chi connectivity index (χ2v) is 6.84. The Labute approximate surface area is 132 Å². The first-order chi connectivity index (χ1) is 9.90. The smallest absolute Gasteiger partial charge is 0.326 e. The van der Waals surface area contributed by atoms with Gasteiger partial charge in [-0.05, 0) is 30.5 Å². The van der Waals surface area contributed by atoms with Crippen LogP contribution < -0.4 is 0 Å². The van der Waals surface area contributed by atoms with Crippen molar-refractivity contribution in [2.75, 3.05) is 0 Å². The van der Waals surface area contributed by atoms with Crippen LogP contribution in [0.25, 0.3) is 6.08 Å². The molecular weight excluding hydrogens is 308 g/mol. The van der Waals surface area contributed by atoms with Gasteiger partial charge in [0.2, 0.25) is 0 Å². The molecule has 0 radical (unpaired) electrons. The number of amides is 1. The van der Waals surface area contributed by atoms with Crippen molar-refractivity contribution in [1.82, 2.24) is 9.88 Å². The van der Waals surface area contributed by atoms with Gasteiger partial charge < -0.3 is 10.1 Å². The summed E-state index contributed by atoms with van der Waals surface area (Å²) in [5.74, 6) is -1.21. The zero-order chi connectivity index (χ0) is 15.6. The minimum atomic E-state index is -1.03. The van der Waals surface area contributed by atoms with Crippen molar-refractivity contribution in [3.05, 3.63) is 28.9 Å². The highest BCUT2D eigenvalue weighted by Crippen LogP contribution is 2.35. The van der Waals surface area contributed by atoms with Crippen LogP contribution in [0.3, 0.4) is 0 Å². The molecule has 112 valence electrons. The van der Waals surface area contributed by atoms with Gasteiger partial charge in [0.1, 0.15) is 10.4 Å². The van der Waals surface area contributed by atoms with Gasteiger partial charge in [-0.3, -0.25) is 9.69 Å². The number of aromatic nitrogens is 1. The van der Waals surface area contributed by atoms with Crippen molar-refractivity contribution in [2.24, 2.45) is 5.92 Å². The van der Waals surface area contributed by atoms with E-state index in [1.165, 1.54) is 4.90 Å². The first-order valence-electron chi connectivity index (χ1n) is 6.53. The van der Waals surface area contributed by atoms with E-state index in [0.29, 0.717) is 15.6 Å². The first-order valence-corrected chi connectivity index (χ1v) is 7.76. The monoisotopic (exact) mass is 324 g/mol. The van der Waals surface area contributed by atoms with Crippen LogP contribution in [0, 0.1) is 5.92 Å². The molecule has 7 heteroatoms. The van der Waals surface area contributed by atoms with Crippen LogP contribution in [-0.2, 0) is 9.59 Å². The molecule has 0 aliphatic carbocycles. The summed E-state index contributed by atoms with van der Waals surface area (Å²) in [6, 6.07) is 2.74. The standard InChI is InChI=1S/C14H16N2O3S2/c1-8(2)6-10(13(18)19)16-12(17)11(21-14(16)20)7-9-4-3-5-15-9/h3-5,7-8,10,15H,6H2,1-2H3,(H,18,19)/b11-7+. The van der Waals surface area contributed by atoms with Crippen LogP contribution in [-0.4, -0.2) is 37.2 Å². The fourth-order valence-corrected chi connectivity index (χ4v) is 3.43. The number of thiocarbonyl (C=S) groups is 1. The van der Waals surface area contributed by atoms with E-state index in [4.69, 9.17) is 12.2 Å². The third-order valence-corrected chi connectivity index (χ3v) is 4.35. The van der Waals surface area contributed by atoms with E-state index in [-0.39, 0.29) is 11.8 Å². The highest BCUT2D eigenvalue weighted by atomic mass is 32.2. The Balaban J connectivity index is 2.27. The summed E-state index contributed by atoms with van der Waals surface area (Å²) in [6.45, 7) is 3.84. The molecular formula is C14H16N2O3S2. The van der Waals surface area contributed by atoms with Crippen molar-refractivity contribution < 1.29 is 14.7 Å². The predicted molar refractivity (Wildman–Crippen MR) is 86.7 cm³/mol. The normalized spacial score (nSPS) is 18.8. The summed E-state index contributed by atoms with van der Waals surface area (Å²) in [5, 5.41) is 9.37. The SMILES string of the molecule is CC(C)CC(C(=O)O)N1C(=O)/C(=C\c2ccc[nH]2)SC1=S. The molecule has 2 heterocycles. The average molecular weight is 324 g/mol.